The Labute approximate surface area is 89.0 Å². The Bertz CT molecular complexity index is 426. The predicted molar refractivity (Wildman–Crippen MR) is 62.4 cm³/mol. The van der Waals surface area contributed by atoms with Crippen molar-refractivity contribution in [1.82, 2.24) is 4.98 Å². The molecular weight excluding hydrogens is 186 g/mol. The fourth-order valence-electron chi connectivity index (χ4n) is 1.35. The number of benzene rings is 1. The fourth-order valence-corrected chi connectivity index (χ4v) is 1.35. The molecule has 2 rings (SSSR count). The highest BCUT2D eigenvalue weighted by atomic mass is 14.9. The van der Waals surface area contributed by atoms with Crippen LogP contribution in [0.4, 0.5) is 11.4 Å². The van der Waals surface area contributed by atoms with Gasteiger partial charge in [-0.05, 0) is 11.6 Å². The Balaban J connectivity index is 1.99. The van der Waals surface area contributed by atoms with Crippen molar-refractivity contribution in [2.24, 2.45) is 0 Å². The Morgan fingerprint density at radius 3 is 2.67 bits per heavy atom. The van der Waals surface area contributed by atoms with Crippen LogP contribution >= 0.6 is 0 Å². The third-order valence-electron chi connectivity index (χ3n) is 2.10. The average molecular weight is 199 g/mol. The number of nitrogens with one attached hydrogen (secondary N) is 1. The van der Waals surface area contributed by atoms with Gasteiger partial charge in [0.15, 0.2) is 0 Å². The zero-order valence-electron chi connectivity index (χ0n) is 8.35. The molecule has 2 aromatic rings. The zero-order chi connectivity index (χ0) is 10.5. The molecule has 3 N–H and O–H groups in total. The summed E-state index contributed by atoms with van der Waals surface area (Å²) in [6.07, 6.45) is 3.40. The molecule has 0 bridgehead atoms. The van der Waals surface area contributed by atoms with Crippen molar-refractivity contribution in [3.63, 3.8) is 0 Å². The highest BCUT2D eigenvalue weighted by molar-refractivity contribution is 5.51. The van der Waals surface area contributed by atoms with Gasteiger partial charge in [-0.15, -0.1) is 0 Å². The Hall–Kier alpha value is -2.03. The molecule has 0 aliphatic heterocycles. The summed E-state index contributed by atoms with van der Waals surface area (Å²) in [5.41, 5.74) is 8.48. The molecule has 1 aromatic heterocycles. The number of nitrogens with two attached hydrogens (primary N) is 1. The number of anilines is 2. The summed E-state index contributed by atoms with van der Waals surface area (Å²) >= 11 is 0. The molecule has 0 saturated carbocycles. The number of aromatic nitrogens is 1. The summed E-state index contributed by atoms with van der Waals surface area (Å²) in [6, 6.07) is 12.1. The van der Waals surface area contributed by atoms with E-state index in [1.165, 1.54) is 5.56 Å². The predicted octanol–water partition coefficient (Wildman–Crippen LogP) is 2.28. The highest BCUT2D eigenvalue weighted by Gasteiger charge is 1.94. The second-order valence-electron chi connectivity index (χ2n) is 3.35. The molecular formula is C12H13N3. The first-order valence-corrected chi connectivity index (χ1v) is 4.83. The summed E-state index contributed by atoms with van der Waals surface area (Å²) in [4.78, 5) is 4.01. The van der Waals surface area contributed by atoms with E-state index in [1.54, 1.807) is 12.4 Å². The van der Waals surface area contributed by atoms with Crippen molar-refractivity contribution >= 4 is 11.4 Å². The normalized spacial score (nSPS) is 9.87. The molecule has 0 aliphatic carbocycles. The van der Waals surface area contributed by atoms with Crippen LogP contribution in [0.25, 0.3) is 0 Å². The van der Waals surface area contributed by atoms with E-state index < -0.39 is 0 Å². The molecule has 0 saturated heterocycles. The number of rotatable bonds is 3. The molecule has 76 valence electrons. The fraction of sp³-hybridized carbons (Fsp3) is 0.0833. The summed E-state index contributed by atoms with van der Waals surface area (Å²) < 4.78 is 0. The number of nitrogens with zero attached hydrogens (tertiary/aromatic N) is 1. The number of nitrogen functional groups attached to an aromatic ring is 1. The second kappa shape index (κ2) is 4.46. The number of pyridine rings is 1. The van der Waals surface area contributed by atoms with Gasteiger partial charge in [-0.25, -0.2) is 0 Å². The smallest absolute Gasteiger partial charge is 0.0550 e. The monoisotopic (exact) mass is 199 g/mol. The Morgan fingerprint density at radius 1 is 1.13 bits per heavy atom. The van der Waals surface area contributed by atoms with Crippen molar-refractivity contribution < 1.29 is 0 Å². The minimum Gasteiger partial charge on any atom is -0.397 e. The van der Waals surface area contributed by atoms with E-state index in [0.29, 0.717) is 5.69 Å². The molecule has 1 heterocycles. The lowest BCUT2D eigenvalue weighted by Gasteiger charge is -2.06. The Morgan fingerprint density at radius 2 is 1.93 bits per heavy atom. The van der Waals surface area contributed by atoms with Gasteiger partial charge in [-0.3, -0.25) is 4.98 Å². The topological polar surface area (TPSA) is 50.9 Å². The van der Waals surface area contributed by atoms with E-state index >= 15 is 0 Å². The summed E-state index contributed by atoms with van der Waals surface area (Å²) in [5, 5.41) is 3.26. The van der Waals surface area contributed by atoms with E-state index in [1.807, 2.05) is 24.3 Å². The molecule has 3 heteroatoms. The van der Waals surface area contributed by atoms with Crippen molar-refractivity contribution in [2.75, 3.05) is 11.1 Å². The van der Waals surface area contributed by atoms with Crippen molar-refractivity contribution in [3.05, 3.63) is 54.4 Å². The van der Waals surface area contributed by atoms with Crippen LogP contribution in [-0.2, 0) is 6.54 Å². The third-order valence-corrected chi connectivity index (χ3v) is 2.10. The first-order chi connectivity index (χ1) is 7.34. The molecule has 0 unspecified atom stereocenters. The van der Waals surface area contributed by atoms with Gasteiger partial charge >= 0.3 is 0 Å². The molecule has 0 spiro atoms. The first-order valence-electron chi connectivity index (χ1n) is 4.83. The Kier molecular flexibility index (Phi) is 2.83. The van der Waals surface area contributed by atoms with Crippen LogP contribution in [0.15, 0.2) is 48.8 Å². The van der Waals surface area contributed by atoms with Crippen LogP contribution in [0.1, 0.15) is 5.56 Å². The van der Waals surface area contributed by atoms with Gasteiger partial charge in [-0.1, -0.05) is 30.3 Å². The molecule has 0 amide bonds. The van der Waals surface area contributed by atoms with Crippen LogP contribution in [-0.4, -0.2) is 4.98 Å². The zero-order valence-corrected chi connectivity index (χ0v) is 8.35. The van der Waals surface area contributed by atoms with Gasteiger partial charge in [0.05, 0.1) is 17.6 Å². The lowest BCUT2D eigenvalue weighted by atomic mass is 10.2. The lowest BCUT2D eigenvalue weighted by Crippen LogP contribution is -2.00. The number of hydrogen-bond acceptors (Lipinski definition) is 3. The van der Waals surface area contributed by atoms with Crippen LogP contribution in [0.2, 0.25) is 0 Å². The molecule has 3 nitrogen and oxygen atoms in total. The standard InChI is InChI=1S/C12H13N3/c13-11-6-12(9-14-8-11)15-7-10-4-2-1-3-5-10/h1-6,8-9,15H,7,13H2. The minimum atomic E-state index is 0.674. The average Bonchev–Trinajstić information content (AvgIpc) is 2.28. The second-order valence-corrected chi connectivity index (χ2v) is 3.35. The van der Waals surface area contributed by atoms with E-state index in [4.69, 9.17) is 5.73 Å². The molecule has 15 heavy (non-hydrogen) atoms. The van der Waals surface area contributed by atoms with E-state index in [9.17, 15) is 0 Å². The van der Waals surface area contributed by atoms with Crippen LogP contribution in [0.5, 0.6) is 0 Å². The minimum absolute atomic E-state index is 0.674. The SMILES string of the molecule is Nc1cncc(NCc2ccccc2)c1. The quantitative estimate of drug-likeness (QED) is 0.797. The van der Waals surface area contributed by atoms with E-state index in [2.05, 4.69) is 22.4 Å². The van der Waals surface area contributed by atoms with Crippen molar-refractivity contribution in [3.8, 4) is 0 Å². The summed E-state index contributed by atoms with van der Waals surface area (Å²) in [5.74, 6) is 0. The number of hydrogen-bond donors (Lipinski definition) is 2. The summed E-state index contributed by atoms with van der Waals surface area (Å²) in [6.45, 7) is 0.784. The first kappa shape index (κ1) is 9.52. The highest BCUT2D eigenvalue weighted by Crippen LogP contribution is 2.10. The van der Waals surface area contributed by atoms with Gasteiger partial charge in [0.25, 0.3) is 0 Å². The van der Waals surface area contributed by atoms with Crippen molar-refractivity contribution in [1.29, 1.82) is 0 Å². The summed E-state index contributed by atoms with van der Waals surface area (Å²) in [7, 11) is 0. The lowest BCUT2D eigenvalue weighted by molar-refractivity contribution is 1.14. The van der Waals surface area contributed by atoms with Crippen LogP contribution in [0, 0.1) is 0 Å². The van der Waals surface area contributed by atoms with E-state index in [0.717, 1.165) is 12.2 Å². The maximum absolute atomic E-state index is 5.63. The molecule has 0 fully saturated rings. The van der Waals surface area contributed by atoms with Crippen LogP contribution < -0.4 is 11.1 Å². The van der Waals surface area contributed by atoms with Gasteiger partial charge in [-0.2, -0.15) is 0 Å². The van der Waals surface area contributed by atoms with Crippen molar-refractivity contribution in [2.45, 2.75) is 6.54 Å². The maximum atomic E-state index is 5.63. The van der Waals surface area contributed by atoms with E-state index in [-0.39, 0.29) is 0 Å². The molecule has 0 radical (unpaired) electrons. The maximum Gasteiger partial charge on any atom is 0.0550 e. The molecule has 0 aliphatic rings. The van der Waals surface area contributed by atoms with Gasteiger partial charge in [0.2, 0.25) is 0 Å². The third kappa shape index (κ3) is 2.71. The van der Waals surface area contributed by atoms with Gasteiger partial charge in [0.1, 0.15) is 0 Å². The molecule has 1 aromatic carbocycles. The largest absolute Gasteiger partial charge is 0.397 e. The molecule has 0 atom stereocenters. The van der Waals surface area contributed by atoms with Gasteiger partial charge < -0.3 is 11.1 Å². The van der Waals surface area contributed by atoms with Crippen LogP contribution in [0.3, 0.4) is 0 Å². The van der Waals surface area contributed by atoms with Gasteiger partial charge in [0, 0.05) is 12.7 Å².